The lowest BCUT2D eigenvalue weighted by Gasteiger charge is -2.27. The molecular weight excluding hydrogens is 120 g/mol. The predicted molar refractivity (Wildman–Crippen MR) is 43.8 cm³/mol. The topological polar surface area (TPSA) is 0 Å². The van der Waals surface area contributed by atoms with Gasteiger partial charge in [0.15, 0.2) is 0 Å². The molecule has 0 N–H and O–H groups in total. The van der Waals surface area contributed by atoms with Gasteiger partial charge in [-0.3, -0.25) is 0 Å². The summed E-state index contributed by atoms with van der Waals surface area (Å²) in [5, 5.41) is 0. The average Bonchev–Trinajstić information content (AvgIpc) is 2.34. The fourth-order valence-corrected chi connectivity index (χ4v) is 3.03. The van der Waals surface area contributed by atoms with Crippen molar-refractivity contribution in [3.63, 3.8) is 0 Å². The Labute approximate surface area is 64.0 Å². The van der Waals surface area contributed by atoms with Crippen LogP contribution in [-0.4, -0.2) is 0 Å². The molecule has 2 aliphatic carbocycles. The number of fused-ring (bicyclic) bond motifs is 1. The van der Waals surface area contributed by atoms with E-state index in [1.807, 2.05) is 0 Å². The molecule has 0 saturated heterocycles. The molecule has 0 nitrogen and oxygen atoms in total. The second-order valence-electron chi connectivity index (χ2n) is 4.26. The van der Waals surface area contributed by atoms with Gasteiger partial charge in [0.05, 0.1) is 0 Å². The van der Waals surface area contributed by atoms with Gasteiger partial charge in [0, 0.05) is 0 Å². The molecule has 0 heteroatoms. The van der Waals surface area contributed by atoms with Crippen LogP contribution in [-0.2, 0) is 0 Å². The molecule has 0 heterocycles. The van der Waals surface area contributed by atoms with E-state index in [1.54, 1.807) is 19.3 Å². The molecule has 2 rings (SSSR count). The van der Waals surface area contributed by atoms with Gasteiger partial charge in [0.1, 0.15) is 0 Å². The average molecular weight is 138 g/mol. The van der Waals surface area contributed by atoms with Gasteiger partial charge in [-0.05, 0) is 30.6 Å². The fourth-order valence-electron chi connectivity index (χ4n) is 3.03. The van der Waals surface area contributed by atoms with Gasteiger partial charge in [0.2, 0.25) is 0 Å². The summed E-state index contributed by atoms with van der Waals surface area (Å²) in [5.74, 6) is 3.34. The second kappa shape index (κ2) is 2.56. The summed E-state index contributed by atoms with van der Waals surface area (Å²) >= 11 is 0. The molecule has 58 valence electrons. The van der Waals surface area contributed by atoms with Crippen LogP contribution in [0.2, 0.25) is 0 Å². The van der Waals surface area contributed by atoms with Gasteiger partial charge in [0.25, 0.3) is 0 Å². The highest BCUT2D eigenvalue weighted by molar-refractivity contribution is 4.85. The largest absolute Gasteiger partial charge is 0.0622 e. The third kappa shape index (κ3) is 0.980. The number of rotatable bonds is 0. The molecule has 0 spiro atoms. The van der Waals surface area contributed by atoms with Gasteiger partial charge >= 0.3 is 0 Å². The van der Waals surface area contributed by atoms with E-state index in [0.29, 0.717) is 0 Å². The van der Waals surface area contributed by atoms with Crippen LogP contribution in [0.15, 0.2) is 0 Å². The number of hydrogen-bond acceptors (Lipinski definition) is 0. The van der Waals surface area contributed by atoms with E-state index < -0.39 is 0 Å². The molecule has 0 amide bonds. The zero-order chi connectivity index (χ0) is 6.97. The van der Waals surface area contributed by atoms with Gasteiger partial charge in [-0.25, -0.2) is 0 Å². The minimum Gasteiger partial charge on any atom is -0.0622 e. The standard InChI is InChI=1S/C10H18/c1-8-6-7-9-4-2-3-5-10(8)9/h8-10H,2-7H2,1H3/t8?,9?,10-/m1/s1. The molecule has 2 fully saturated rings. The van der Waals surface area contributed by atoms with Crippen molar-refractivity contribution in [3.05, 3.63) is 0 Å². The molecular formula is C10H18. The lowest BCUT2D eigenvalue weighted by Crippen LogP contribution is -2.17. The van der Waals surface area contributed by atoms with E-state index in [0.717, 1.165) is 17.8 Å². The SMILES string of the molecule is CC1CCC2CCCC[C@H]12. The zero-order valence-corrected chi connectivity index (χ0v) is 6.97. The van der Waals surface area contributed by atoms with Crippen molar-refractivity contribution in [2.45, 2.75) is 45.4 Å². The van der Waals surface area contributed by atoms with Gasteiger partial charge in [-0.15, -0.1) is 0 Å². The van der Waals surface area contributed by atoms with Crippen LogP contribution >= 0.6 is 0 Å². The summed E-state index contributed by atoms with van der Waals surface area (Å²) in [6.07, 6.45) is 9.21. The summed E-state index contributed by atoms with van der Waals surface area (Å²) in [5.41, 5.74) is 0. The first-order valence-electron chi connectivity index (χ1n) is 4.88. The smallest absolute Gasteiger partial charge is 0.0360 e. The van der Waals surface area contributed by atoms with Crippen molar-refractivity contribution in [1.82, 2.24) is 0 Å². The molecule has 0 aromatic heterocycles. The van der Waals surface area contributed by atoms with Crippen molar-refractivity contribution in [3.8, 4) is 0 Å². The Morgan fingerprint density at radius 2 is 1.70 bits per heavy atom. The maximum Gasteiger partial charge on any atom is -0.0360 e. The van der Waals surface area contributed by atoms with E-state index in [-0.39, 0.29) is 0 Å². The third-order valence-electron chi connectivity index (χ3n) is 3.69. The Kier molecular flexibility index (Phi) is 1.71. The molecule has 0 aromatic rings. The first-order valence-corrected chi connectivity index (χ1v) is 4.88. The summed E-state index contributed by atoms with van der Waals surface area (Å²) < 4.78 is 0. The van der Waals surface area contributed by atoms with E-state index in [2.05, 4.69) is 6.92 Å². The van der Waals surface area contributed by atoms with Crippen molar-refractivity contribution in [2.75, 3.05) is 0 Å². The van der Waals surface area contributed by atoms with Crippen LogP contribution < -0.4 is 0 Å². The fraction of sp³-hybridized carbons (Fsp3) is 1.00. The van der Waals surface area contributed by atoms with E-state index in [9.17, 15) is 0 Å². The predicted octanol–water partition coefficient (Wildman–Crippen LogP) is 3.22. The van der Waals surface area contributed by atoms with Crippen LogP contribution in [0.5, 0.6) is 0 Å². The molecule has 0 aromatic carbocycles. The van der Waals surface area contributed by atoms with E-state index >= 15 is 0 Å². The Hall–Kier alpha value is 0. The highest BCUT2D eigenvalue weighted by Gasteiger charge is 2.34. The molecule has 10 heavy (non-hydrogen) atoms. The molecule has 0 radical (unpaired) electrons. The van der Waals surface area contributed by atoms with Crippen LogP contribution in [0.1, 0.15) is 45.4 Å². The molecule has 3 atom stereocenters. The Bertz CT molecular complexity index is 115. The quantitative estimate of drug-likeness (QED) is 0.482. The minimum atomic E-state index is 1.06. The molecule has 2 unspecified atom stereocenters. The Balaban J connectivity index is 2.01. The van der Waals surface area contributed by atoms with Crippen molar-refractivity contribution in [2.24, 2.45) is 17.8 Å². The highest BCUT2D eigenvalue weighted by Crippen LogP contribution is 2.45. The summed E-state index contributed by atoms with van der Waals surface area (Å²) in [6.45, 7) is 2.45. The van der Waals surface area contributed by atoms with Crippen molar-refractivity contribution < 1.29 is 0 Å². The first-order chi connectivity index (χ1) is 4.88. The minimum absolute atomic E-state index is 1.06. The van der Waals surface area contributed by atoms with E-state index in [1.165, 1.54) is 19.3 Å². The maximum atomic E-state index is 2.45. The van der Waals surface area contributed by atoms with Gasteiger partial charge < -0.3 is 0 Å². The summed E-state index contributed by atoms with van der Waals surface area (Å²) in [4.78, 5) is 0. The monoisotopic (exact) mass is 138 g/mol. The maximum absolute atomic E-state index is 2.45. The summed E-state index contributed by atoms with van der Waals surface area (Å²) in [6, 6.07) is 0. The van der Waals surface area contributed by atoms with Gasteiger partial charge in [-0.1, -0.05) is 32.6 Å². The lowest BCUT2D eigenvalue weighted by atomic mass is 9.79. The second-order valence-corrected chi connectivity index (χ2v) is 4.26. The third-order valence-corrected chi connectivity index (χ3v) is 3.69. The summed E-state index contributed by atoms with van der Waals surface area (Å²) in [7, 11) is 0. The van der Waals surface area contributed by atoms with Crippen LogP contribution in [0.3, 0.4) is 0 Å². The lowest BCUT2D eigenvalue weighted by molar-refractivity contribution is 0.238. The molecule has 2 saturated carbocycles. The molecule has 0 bridgehead atoms. The zero-order valence-electron chi connectivity index (χ0n) is 6.97. The first kappa shape index (κ1) is 6.69. The Morgan fingerprint density at radius 1 is 0.900 bits per heavy atom. The van der Waals surface area contributed by atoms with Crippen LogP contribution in [0, 0.1) is 17.8 Å². The van der Waals surface area contributed by atoms with Gasteiger partial charge in [-0.2, -0.15) is 0 Å². The van der Waals surface area contributed by atoms with Crippen molar-refractivity contribution >= 4 is 0 Å². The van der Waals surface area contributed by atoms with E-state index in [4.69, 9.17) is 0 Å². The molecule has 2 aliphatic rings. The number of hydrogen-bond donors (Lipinski definition) is 0. The molecule has 0 aliphatic heterocycles. The Morgan fingerprint density at radius 3 is 2.50 bits per heavy atom. The highest BCUT2D eigenvalue weighted by atomic mass is 14.4. The van der Waals surface area contributed by atoms with Crippen molar-refractivity contribution in [1.29, 1.82) is 0 Å². The van der Waals surface area contributed by atoms with Crippen LogP contribution in [0.4, 0.5) is 0 Å². The van der Waals surface area contributed by atoms with Crippen LogP contribution in [0.25, 0.3) is 0 Å². The normalized spacial score (nSPS) is 47.1.